The van der Waals surface area contributed by atoms with E-state index in [1.807, 2.05) is 29.2 Å². The molecule has 0 aromatic heterocycles. The Hall–Kier alpha value is -1.26. The predicted octanol–water partition coefficient (Wildman–Crippen LogP) is 2.19. The summed E-state index contributed by atoms with van der Waals surface area (Å²) in [5, 5.41) is 3.46. The van der Waals surface area contributed by atoms with Gasteiger partial charge in [-0.2, -0.15) is 0 Å². The van der Waals surface area contributed by atoms with Gasteiger partial charge in [0.1, 0.15) is 5.75 Å². The first-order chi connectivity index (χ1) is 9.78. The molecule has 2 aliphatic heterocycles. The Labute approximate surface area is 132 Å². The maximum absolute atomic E-state index is 12.6. The lowest BCUT2D eigenvalue weighted by Gasteiger charge is -2.21. The molecule has 0 radical (unpaired) electrons. The van der Waals surface area contributed by atoms with E-state index in [1.165, 1.54) is 0 Å². The van der Waals surface area contributed by atoms with Crippen LogP contribution >= 0.6 is 12.4 Å². The Kier molecular flexibility index (Phi) is 5.48. The number of fused-ring (bicyclic) bond motifs is 1. The maximum atomic E-state index is 12.6. The van der Waals surface area contributed by atoms with Crippen LogP contribution in [0.2, 0.25) is 0 Å². The molecule has 5 heteroatoms. The predicted molar refractivity (Wildman–Crippen MR) is 85.2 cm³/mol. The molecule has 0 aliphatic carbocycles. The largest absolute Gasteiger partial charge is 0.497 e. The summed E-state index contributed by atoms with van der Waals surface area (Å²) in [5.74, 6) is 2.37. The fraction of sp³-hybridized carbons (Fsp3) is 0.562. The number of carbonyl (C=O) groups excluding carboxylic acids is 1. The fourth-order valence-electron chi connectivity index (χ4n) is 3.36. The Bertz CT molecular complexity index is 481. The molecule has 2 saturated heterocycles. The number of nitrogens with one attached hydrogen (secondary N) is 1. The molecule has 116 valence electrons. The van der Waals surface area contributed by atoms with Crippen molar-refractivity contribution in [1.29, 1.82) is 0 Å². The van der Waals surface area contributed by atoms with E-state index < -0.39 is 0 Å². The lowest BCUT2D eigenvalue weighted by molar-refractivity contribution is 0.0758. The number of hydrogen-bond acceptors (Lipinski definition) is 3. The van der Waals surface area contributed by atoms with E-state index in [-0.39, 0.29) is 18.3 Å². The third-order valence-corrected chi connectivity index (χ3v) is 4.62. The lowest BCUT2D eigenvalue weighted by atomic mass is 9.92. The monoisotopic (exact) mass is 310 g/mol. The highest BCUT2D eigenvalue weighted by Crippen LogP contribution is 2.28. The van der Waals surface area contributed by atoms with Crippen molar-refractivity contribution in [3.8, 4) is 5.75 Å². The lowest BCUT2D eigenvalue weighted by Crippen LogP contribution is -2.32. The van der Waals surface area contributed by atoms with Crippen molar-refractivity contribution in [2.75, 3.05) is 33.3 Å². The number of ether oxygens (including phenoxy) is 1. The zero-order chi connectivity index (χ0) is 13.9. The Morgan fingerprint density at radius 3 is 2.52 bits per heavy atom. The number of amides is 1. The average molecular weight is 311 g/mol. The summed E-state index contributed by atoms with van der Waals surface area (Å²) in [6.07, 6.45) is 2.24. The SMILES string of the molecule is COc1cccc(C(=O)N2CC[C@@H]3CNC[C@@H]3CC2)c1.Cl. The first-order valence-electron chi connectivity index (χ1n) is 7.42. The van der Waals surface area contributed by atoms with Crippen molar-refractivity contribution in [3.63, 3.8) is 0 Å². The van der Waals surface area contributed by atoms with Crippen LogP contribution in [0, 0.1) is 11.8 Å². The molecule has 1 aromatic carbocycles. The molecule has 2 atom stereocenters. The quantitative estimate of drug-likeness (QED) is 0.910. The van der Waals surface area contributed by atoms with Crippen molar-refractivity contribution >= 4 is 18.3 Å². The number of methoxy groups -OCH3 is 1. The van der Waals surface area contributed by atoms with Crippen molar-refractivity contribution < 1.29 is 9.53 Å². The highest BCUT2D eigenvalue weighted by atomic mass is 35.5. The molecule has 21 heavy (non-hydrogen) atoms. The fourth-order valence-corrected chi connectivity index (χ4v) is 3.36. The van der Waals surface area contributed by atoms with E-state index >= 15 is 0 Å². The summed E-state index contributed by atoms with van der Waals surface area (Å²) in [4.78, 5) is 14.6. The zero-order valence-electron chi connectivity index (χ0n) is 12.4. The number of benzene rings is 1. The van der Waals surface area contributed by atoms with E-state index in [0.29, 0.717) is 0 Å². The molecule has 3 rings (SSSR count). The second-order valence-electron chi connectivity index (χ2n) is 5.78. The van der Waals surface area contributed by atoms with Crippen LogP contribution in [0.4, 0.5) is 0 Å². The van der Waals surface area contributed by atoms with Gasteiger partial charge in [-0.3, -0.25) is 4.79 Å². The van der Waals surface area contributed by atoms with Gasteiger partial charge in [0, 0.05) is 18.7 Å². The van der Waals surface area contributed by atoms with Crippen molar-refractivity contribution in [2.24, 2.45) is 11.8 Å². The molecule has 2 aliphatic rings. The minimum Gasteiger partial charge on any atom is -0.497 e. The van der Waals surface area contributed by atoms with Gasteiger partial charge in [-0.05, 0) is 56.0 Å². The summed E-state index contributed by atoms with van der Waals surface area (Å²) in [6.45, 7) is 3.98. The van der Waals surface area contributed by atoms with E-state index in [0.717, 1.165) is 62.2 Å². The van der Waals surface area contributed by atoms with E-state index in [2.05, 4.69) is 5.32 Å². The average Bonchev–Trinajstić information content (AvgIpc) is 2.85. The Balaban J connectivity index is 0.00000161. The van der Waals surface area contributed by atoms with Gasteiger partial charge in [-0.25, -0.2) is 0 Å². The van der Waals surface area contributed by atoms with Gasteiger partial charge < -0.3 is 15.0 Å². The van der Waals surface area contributed by atoms with Crippen LogP contribution in [0.1, 0.15) is 23.2 Å². The van der Waals surface area contributed by atoms with Crippen LogP contribution in [0.25, 0.3) is 0 Å². The minimum atomic E-state index is 0. The summed E-state index contributed by atoms with van der Waals surface area (Å²) < 4.78 is 5.20. The Morgan fingerprint density at radius 1 is 1.24 bits per heavy atom. The molecule has 0 unspecified atom stereocenters. The van der Waals surface area contributed by atoms with E-state index in [1.54, 1.807) is 7.11 Å². The second kappa shape index (κ2) is 7.14. The highest BCUT2D eigenvalue weighted by Gasteiger charge is 2.31. The molecule has 4 nitrogen and oxygen atoms in total. The summed E-state index contributed by atoms with van der Waals surface area (Å²) in [6, 6.07) is 7.45. The standard InChI is InChI=1S/C16H22N2O2.ClH/c1-20-15-4-2-3-12(9-15)16(19)18-7-5-13-10-17-11-14(13)6-8-18;/h2-4,9,13-14,17H,5-8,10-11H2,1H3;1H/t13-,14+;. The first kappa shape index (κ1) is 16.1. The molecule has 1 N–H and O–H groups in total. The van der Waals surface area contributed by atoms with E-state index in [4.69, 9.17) is 4.74 Å². The van der Waals surface area contributed by atoms with Gasteiger partial charge >= 0.3 is 0 Å². The van der Waals surface area contributed by atoms with Gasteiger partial charge in [0.2, 0.25) is 0 Å². The van der Waals surface area contributed by atoms with Crippen LogP contribution in [-0.2, 0) is 0 Å². The molecular formula is C16H23ClN2O2. The third-order valence-electron chi connectivity index (χ3n) is 4.62. The number of hydrogen-bond donors (Lipinski definition) is 1. The van der Waals surface area contributed by atoms with Crippen LogP contribution in [-0.4, -0.2) is 44.1 Å². The van der Waals surface area contributed by atoms with Crippen molar-refractivity contribution in [1.82, 2.24) is 10.2 Å². The van der Waals surface area contributed by atoms with Gasteiger partial charge in [-0.15, -0.1) is 12.4 Å². The topological polar surface area (TPSA) is 41.6 Å². The molecule has 2 fully saturated rings. The van der Waals surface area contributed by atoms with Gasteiger partial charge in [0.15, 0.2) is 0 Å². The number of nitrogens with zero attached hydrogens (tertiary/aromatic N) is 1. The Morgan fingerprint density at radius 2 is 1.90 bits per heavy atom. The van der Waals surface area contributed by atoms with Crippen LogP contribution < -0.4 is 10.1 Å². The summed E-state index contributed by atoms with van der Waals surface area (Å²) in [7, 11) is 1.63. The molecule has 1 aromatic rings. The number of likely N-dealkylation sites (tertiary alicyclic amines) is 1. The van der Waals surface area contributed by atoms with Crippen LogP contribution in [0.5, 0.6) is 5.75 Å². The second-order valence-corrected chi connectivity index (χ2v) is 5.78. The summed E-state index contributed by atoms with van der Waals surface area (Å²) in [5.41, 5.74) is 0.731. The first-order valence-corrected chi connectivity index (χ1v) is 7.42. The van der Waals surface area contributed by atoms with Gasteiger partial charge in [-0.1, -0.05) is 6.07 Å². The smallest absolute Gasteiger partial charge is 0.253 e. The van der Waals surface area contributed by atoms with Crippen LogP contribution in [0.3, 0.4) is 0 Å². The molecule has 2 heterocycles. The van der Waals surface area contributed by atoms with Gasteiger partial charge in [0.05, 0.1) is 7.11 Å². The normalized spacial score (nSPS) is 24.7. The van der Waals surface area contributed by atoms with Crippen LogP contribution in [0.15, 0.2) is 24.3 Å². The highest BCUT2D eigenvalue weighted by molar-refractivity contribution is 5.94. The third kappa shape index (κ3) is 3.50. The minimum absolute atomic E-state index is 0. The van der Waals surface area contributed by atoms with Crippen molar-refractivity contribution in [3.05, 3.63) is 29.8 Å². The number of carbonyl (C=O) groups is 1. The molecule has 0 spiro atoms. The van der Waals surface area contributed by atoms with Crippen molar-refractivity contribution in [2.45, 2.75) is 12.8 Å². The van der Waals surface area contributed by atoms with Gasteiger partial charge in [0.25, 0.3) is 5.91 Å². The van der Waals surface area contributed by atoms with E-state index in [9.17, 15) is 4.79 Å². The zero-order valence-corrected chi connectivity index (χ0v) is 13.2. The molecular weight excluding hydrogens is 288 g/mol. The number of rotatable bonds is 2. The molecule has 1 amide bonds. The number of halogens is 1. The summed E-state index contributed by atoms with van der Waals surface area (Å²) >= 11 is 0. The maximum Gasteiger partial charge on any atom is 0.253 e. The molecule has 0 bridgehead atoms. The molecule has 0 saturated carbocycles.